The van der Waals surface area contributed by atoms with E-state index in [0.29, 0.717) is 5.95 Å². The molecule has 0 bridgehead atoms. The van der Waals surface area contributed by atoms with E-state index in [9.17, 15) is 0 Å². The predicted octanol–water partition coefficient (Wildman–Crippen LogP) is 8.34. The molecule has 4 heteroatoms. The van der Waals surface area contributed by atoms with Gasteiger partial charge in [-0.1, -0.05) is 97.1 Å². The molecule has 0 fully saturated rings. The van der Waals surface area contributed by atoms with Gasteiger partial charge in [-0.2, -0.15) is 0 Å². The number of hydrogen-bond acceptors (Lipinski definition) is 2. The minimum absolute atomic E-state index is 0.660. The first kappa shape index (κ1) is 20.9. The zero-order valence-corrected chi connectivity index (χ0v) is 20.5. The molecule has 0 atom stereocenters. The second-order valence-corrected chi connectivity index (χ2v) is 9.54. The van der Waals surface area contributed by atoms with Gasteiger partial charge in [-0.25, -0.2) is 9.97 Å². The molecule has 5 aromatic carbocycles. The first-order valence-corrected chi connectivity index (χ1v) is 12.8. The Morgan fingerprint density at radius 3 is 1.53 bits per heavy atom. The topological polar surface area (TPSA) is 35.6 Å². The lowest BCUT2D eigenvalue weighted by molar-refractivity contribution is 0.989. The largest absolute Gasteiger partial charge is 0.307 e. The second-order valence-electron chi connectivity index (χ2n) is 9.54. The molecule has 38 heavy (non-hydrogen) atoms. The third kappa shape index (κ3) is 2.98. The van der Waals surface area contributed by atoms with Crippen molar-refractivity contribution in [2.75, 3.05) is 0 Å². The number of aromatic nitrogens is 4. The maximum absolute atomic E-state index is 4.90. The van der Waals surface area contributed by atoms with Crippen molar-refractivity contribution in [1.82, 2.24) is 19.1 Å². The fourth-order valence-corrected chi connectivity index (χ4v) is 5.77. The van der Waals surface area contributed by atoms with Crippen LogP contribution in [0.1, 0.15) is 0 Å². The number of hydrogen-bond donors (Lipinski definition) is 0. The van der Waals surface area contributed by atoms with Crippen LogP contribution in [0.15, 0.2) is 134 Å². The quantitative estimate of drug-likeness (QED) is 0.252. The second kappa shape index (κ2) is 8.15. The molecular formula is C34H22N4. The van der Waals surface area contributed by atoms with Gasteiger partial charge in [-0.3, -0.25) is 4.57 Å². The summed E-state index contributed by atoms with van der Waals surface area (Å²) in [6, 6.07) is 42.5. The Bertz CT molecular complexity index is 2100. The van der Waals surface area contributed by atoms with Crippen molar-refractivity contribution in [2.45, 2.75) is 0 Å². The van der Waals surface area contributed by atoms with Crippen molar-refractivity contribution in [2.24, 2.45) is 0 Å². The van der Waals surface area contributed by atoms with Crippen LogP contribution >= 0.6 is 0 Å². The smallest absolute Gasteiger partial charge is 0.234 e. The first-order chi connectivity index (χ1) is 18.9. The van der Waals surface area contributed by atoms with E-state index in [1.165, 1.54) is 27.1 Å². The molecule has 0 saturated heterocycles. The van der Waals surface area contributed by atoms with Crippen LogP contribution in [0.4, 0.5) is 0 Å². The molecule has 8 aromatic rings. The molecule has 0 spiro atoms. The van der Waals surface area contributed by atoms with Gasteiger partial charge in [0.25, 0.3) is 0 Å². The molecule has 0 N–H and O–H groups in total. The average Bonchev–Trinajstić information content (AvgIpc) is 3.51. The van der Waals surface area contributed by atoms with Gasteiger partial charge in [0.2, 0.25) is 5.95 Å². The molecule has 8 rings (SSSR count). The van der Waals surface area contributed by atoms with Crippen LogP contribution in [0.5, 0.6) is 0 Å². The number of para-hydroxylation sites is 3. The van der Waals surface area contributed by atoms with Crippen molar-refractivity contribution in [3.05, 3.63) is 134 Å². The van der Waals surface area contributed by atoms with Crippen LogP contribution in [-0.2, 0) is 0 Å². The van der Waals surface area contributed by atoms with E-state index in [-0.39, 0.29) is 0 Å². The molecule has 4 nitrogen and oxygen atoms in total. The van der Waals surface area contributed by atoms with Gasteiger partial charge in [0.05, 0.1) is 22.1 Å². The molecule has 0 saturated carbocycles. The van der Waals surface area contributed by atoms with E-state index in [4.69, 9.17) is 9.97 Å². The summed E-state index contributed by atoms with van der Waals surface area (Å²) >= 11 is 0. The van der Waals surface area contributed by atoms with Crippen LogP contribution in [0.3, 0.4) is 0 Å². The van der Waals surface area contributed by atoms with Gasteiger partial charge in [0.1, 0.15) is 0 Å². The fourth-order valence-electron chi connectivity index (χ4n) is 5.77. The van der Waals surface area contributed by atoms with Crippen molar-refractivity contribution in [1.29, 1.82) is 0 Å². The third-order valence-electron chi connectivity index (χ3n) is 7.43. The molecule has 3 aromatic heterocycles. The molecular weight excluding hydrogens is 464 g/mol. The molecule has 0 unspecified atom stereocenters. The molecule has 0 amide bonds. The minimum Gasteiger partial charge on any atom is -0.307 e. The highest BCUT2D eigenvalue weighted by molar-refractivity contribution is 6.23. The Labute approximate surface area is 219 Å². The van der Waals surface area contributed by atoms with Crippen LogP contribution in [0.2, 0.25) is 0 Å². The summed E-state index contributed by atoms with van der Waals surface area (Å²) in [5.41, 5.74) is 7.76. The maximum atomic E-state index is 4.90. The van der Waals surface area contributed by atoms with E-state index in [1.54, 1.807) is 0 Å². The molecule has 0 aliphatic carbocycles. The van der Waals surface area contributed by atoms with Crippen LogP contribution in [-0.4, -0.2) is 19.1 Å². The van der Waals surface area contributed by atoms with Gasteiger partial charge >= 0.3 is 0 Å². The SMILES string of the molecule is c1ccc(-c2cnc(-n3c4ccccc4c4ccc5c6ccccc6n(-c6ccccc6)c5c43)nc2)cc1. The normalized spacial score (nSPS) is 11.7. The Morgan fingerprint density at radius 1 is 0.395 bits per heavy atom. The van der Waals surface area contributed by atoms with Crippen molar-refractivity contribution in [3.63, 3.8) is 0 Å². The zero-order valence-electron chi connectivity index (χ0n) is 20.5. The Morgan fingerprint density at radius 2 is 0.895 bits per heavy atom. The van der Waals surface area contributed by atoms with Gasteiger partial charge < -0.3 is 4.57 Å². The van der Waals surface area contributed by atoms with E-state index in [2.05, 4.69) is 112 Å². The van der Waals surface area contributed by atoms with Crippen LogP contribution < -0.4 is 0 Å². The summed E-state index contributed by atoms with van der Waals surface area (Å²) in [5.74, 6) is 0.660. The van der Waals surface area contributed by atoms with E-state index in [0.717, 1.165) is 33.4 Å². The molecule has 0 radical (unpaired) electrons. The number of benzene rings is 5. The third-order valence-corrected chi connectivity index (χ3v) is 7.43. The van der Waals surface area contributed by atoms with Gasteiger partial charge in [-0.15, -0.1) is 0 Å². The lowest BCUT2D eigenvalue weighted by Gasteiger charge is -2.11. The predicted molar refractivity (Wildman–Crippen MR) is 156 cm³/mol. The summed E-state index contributed by atoms with van der Waals surface area (Å²) in [5, 5.41) is 4.81. The van der Waals surface area contributed by atoms with E-state index in [1.807, 2.05) is 30.6 Å². The molecule has 178 valence electrons. The highest BCUT2D eigenvalue weighted by atomic mass is 15.2. The summed E-state index contributed by atoms with van der Waals surface area (Å²) in [6.45, 7) is 0. The van der Waals surface area contributed by atoms with Crippen molar-refractivity contribution < 1.29 is 0 Å². The molecule has 3 heterocycles. The highest BCUT2D eigenvalue weighted by Gasteiger charge is 2.21. The minimum atomic E-state index is 0.660. The highest BCUT2D eigenvalue weighted by Crippen LogP contribution is 2.41. The summed E-state index contributed by atoms with van der Waals surface area (Å²) < 4.78 is 4.60. The van der Waals surface area contributed by atoms with Crippen molar-refractivity contribution in [3.8, 4) is 22.8 Å². The lowest BCUT2D eigenvalue weighted by Crippen LogP contribution is -2.02. The average molecular weight is 487 g/mol. The first-order valence-electron chi connectivity index (χ1n) is 12.8. The van der Waals surface area contributed by atoms with E-state index >= 15 is 0 Å². The Hall–Kier alpha value is -5.22. The summed E-state index contributed by atoms with van der Waals surface area (Å²) in [6.07, 6.45) is 3.84. The number of fused-ring (bicyclic) bond motifs is 7. The Kier molecular flexibility index (Phi) is 4.49. The monoisotopic (exact) mass is 486 g/mol. The molecule has 0 aliphatic rings. The Balaban J connectivity index is 1.52. The van der Waals surface area contributed by atoms with Crippen LogP contribution in [0, 0.1) is 0 Å². The van der Waals surface area contributed by atoms with Gasteiger partial charge in [-0.05, 0) is 29.8 Å². The fraction of sp³-hybridized carbons (Fsp3) is 0. The zero-order chi connectivity index (χ0) is 25.1. The van der Waals surface area contributed by atoms with Crippen LogP contribution in [0.25, 0.3) is 66.4 Å². The summed E-state index contributed by atoms with van der Waals surface area (Å²) in [4.78, 5) is 9.81. The summed E-state index contributed by atoms with van der Waals surface area (Å²) in [7, 11) is 0. The number of nitrogens with zero attached hydrogens (tertiary/aromatic N) is 4. The van der Waals surface area contributed by atoms with Crippen molar-refractivity contribution >= 4 is 43.6 Å². The number of rotatable bonds is 3. The van der Waals surface area contributed by atoms with E-state index < -0.39 is 0 Å². The van der Waals surface area contributed by atoms with Gasteiger partial charge in [0, 0.05) is 45.2 Å². The van der Waals surface area contributed by atoms with Gasteiger partial charge in [0.15, 0.2) is 0 Å². The molecule has 0 aliphatic heterocycles. The maximum Gasteiger partial charge on any atom is 0.234 e. The standard InChI is InChI=1S/C34H22N4/c1-3-11-23(12-4-1)24-21-35-34(36-22-24)38-31-18-10-8-16-27(31)29-20-19-28-26-15-7-9-17-30(26)37(32(28)33(29)38)25-13-5-2-6-14-25/h1-22H. The lowest BCUT2D eigenvalue weighted by atomic mass is 10.1.